The van der Waals surface area contributed by atoms with Crippen molar-refractivity contribution in [1.82, 2.24) is 0 Å². The Kier molecular flexibility index (Phi) is 3.31. The van der Waals surface area contributed by atoms with Gasteiger partial charge in [-0.2, -0.15) is 0 Å². The zero-order chi connectivity index (χ0) is 11.7. The molecule has 0 atom stereocenters. The monoisotopic (exact) mass is 248 g/mol. The lowest BCUT2D eigenvalue weighted by atomic mass is 9.86. The van der Waals surface area contributed by atoms with Crippen LogP contribution in [0.3, 0.4) is 0 Å². The number of phenols is 1. The highest BCUT2D eigenvalue weighted by Gasteiger charge is 2.28. The van der Waals surface area contributed by atoms with Gasteiger partial charge in [0.1, 0.15) is 5.75 Å². The van der Waals surface area contributed by atoms with Crippen molar-refractivity contribution < 1.29 is 13.5 Å². The maximum Gasteiger partial charge on any atom is 0.233 e. The lowest BCUT2D eigenvalue weighted by Crippen LogP contribution is -2.26. The van der Waals surface area contributed by atoms with Gasteiger partial charge in [-0.25, -0.2) is 8.42 Å². The molecule has 1 N–H and O–H groups in total. The molecule has 0 saturated heterocycles. The molecule has 1 rings (SSSR count). The van der Waals surface area contributed by atoms with Crippen LogP contribution in [0.2, 0.25) is 0 Å². The summed E-state index contributed by atoms with van der Waals surface area (Å²) in [6.45, 7) is 3.45. The summed E-state index contributed by atoms with van der Waals surface area (Å²) in [6.07, 6.45) is 0. The molecule has 5 heteroatoms. The van der Waals surface area contributed by atoms with E-state index in [0.29, 0.717) is 5.56 Å². The standard InChI is InChI=1S/C10H13ClO3S/c1-10(2,7-15(11,13)14)8-5-3-4-6-9(8)12/h3-6,12H,7H2,1-2H3. The predicted octanol–water partition coefficient (Wildman–Crippen LogP) is 2.24. The Morgan fingerprint density at radius 2 is 1.87 bits per heavy atom. The topological polar surface area (TPSA) is 54.4 Å². The third kappa shape index (κ3) is 3.39. The number of aromatic hydroxyl groups is 1. The Hall–Kier alpha value is -0.740. The molecule has 0 amide bonds. The first-order valence-corrected chi connectivity index (χ1v) is 6.91. The number of hydrogen-bond acceptors (Lipinski definition) is 3. The van der Waals surface area contributed by atoms with Crippen LogP contribution in [0, 0.1) is 0 Å². The molecule has 15 heavy (non-hydrogen) atoms. The van der Waals surface area contributed by atoms with E-state index in [1.165, 1.54) is 6.07 Å². The summed E-state index contributed by atoms with van der Waals surface area (Å²) < 4.78 is 22.0. The van der Waals surface area contributed by atoms with Crippen LogP contribution in [0.5, 0.6) is 5.75 Å². The van der Waals surface area contributed by atoms with Crippen LogP contribution in [-0.4, -0.2) is 19.3 Å². The molecule has 0 heterocycles. The summed E-state index contributed by atoms with van der Waals surface area (Å²) in [5, 5.41) is 9.61. The normalized spacial score (nSPS) is 12.7. The molecule has 0 spiro atoms. The highest BCUT2D eigenvalue weighted by atomic mass is 35.7. The van der Waals surface area contributed by atoms with Gasteiger partial charge in [0.25, 0.3) is 0 Å². The molecule has 0 unspecified atom stereocenters. The Balaban J connectivity index is 3.12. The van der Waals surface area contributed by atoms with Crippen LogP contribution in [-0.2, 0) is 14.5 Å². The maximum absolute atomic E-state index is 11.0. The van der Waals surface area contributed by atoms with Crippen molar-refractivity contribution in [2.24, 2.45) is 0 Å². The van der Waals surface area contributed by atoms with Crippen molar-refractivity contribution in [2.45, 2.75) is 19.3 Å². The minimum Gasteiger partial charge on any atom is -0.508 e. The molecule has 3 nitrogen and oxygen atoms in total. The van der Waals surface area contributed by atoms with Crippen LogP contribution in [0.1, 0.15) is 19.4 Å². The van der Waals surface area contributed by atoms with Crippen molar-refractivity contribution in [3.8, 4) is 5.75 Å². The number of hydrogen-bond donors (Lipinski definition) is 1. The summed E-state index contributed by atoms with van der Waals surface area (Å²) in [6, 6.07) is 6.65. The SMILES string of the molecule is CC(C)(CS(=O)(=O)Cl)c1ccccc1O. The van der Waals surface area contributed by atoms with E-state index in [4.69, 9.17) is 10.7 Å². The van der Waals surface area contributed by atoms with Crippen LogP contribution >= 0.6 is 10.7 Å². The maximum atomic E-state index is 11.0. The molecule has 0 saturated carbocycles. The number of para-hydroxylation sites is 1. The van der Waals surface area contributed by atoms with E-state index in [-0.39, 0.29) is 11.5 Å². The molecule has 1 aromatic carbocycles. The van der Waals surface area contributed by atoms with Crippen LogP contribution in [0.4, 0.5) is 0 Å². The zero-order valence-corrected chi connectivity index (χ0v) is 10.1. The quantitative estimate of drug-likeness (QED) is 0.835. The van der Waals surface area contributed by atoms with Crippen LogP contribution in [0.15, 0.2) is 24.3 Å². The lowest BCUT2D eigenvalue weighted by molar-refractivity contribution is 0.446. The van der Waals surface area contributed by atoms with Gasteiger partial charge in [0.05, 0.1) is 5.75 Å². The molecule has 1 aromatic rings. The van der Waals surface area contributed by atoms with Gasteiger partial charge in [0.2, 0.25) is 9.05 Å². The Morgan fingerprint density at radius 3 is 2.33 bits per heavy atom. The van der Waals surface area contributed by atoms with E-state index in [9.17, 15) is 13.5 Å². The molecule has 0 aliphatic heterocycles. The summed E-state index contributed by atoms with van der Waals surface area (Å²) >= 11 is 0. The highest BCUT2D eigenvalue weighted by Crippen LogP contribution is 2.32. The largest absolute Gasteiger partial charge is 0.508 e. The molecular weight excluding hydrogens is 236 g/mol. The minimum absolute atomic E-state index is 0.0859. The van der Waals surface area contributed by atoms with Gasteiger partial charge >= 0.3 is 0 Å². The smallest absolute Gasteiger partial charge is 0.233 e. The summed E-state index contributed by atoms with van der Waals surface area (Å²) in [7, 11) is 1.62. The molecule has 0 aliphatic rings. The fraction of sp³-hybridized carbons (Fsp3) is 0.400. The van der Waals surface area contributed by atoms with Crippen LogP contribution in [0.25, 0.3) is 0 Å². The Morgan fingerprint density at radius 1 is 1.33 bits per heavy atom. The highest BCUT2D eigenvalue weighted by molar-refractivity contribution is 8.13. The first-order valence-electron chi connectivity index (χ1n) is 4.43. The number of phenolic OH excluding ortho intramolecular Hbond substituents is 1. The van der Waals surface area contributed by atoms with E-state index in [1.54, 1.807) is 32.0 Å². The molecule has 0 radical (unpaired) electrons. The van der Waals surface area contributed by atoms with Gasteiger partial charge in [0, 0.05) is 21.7 Å². The fourth-order valence-corrected chi connectivity index (χ4v) is 3.39. The third-order valence-corrected chi connectivity index (χ3v) is 3.56. The van der Waals surface area contributed by atoms with E-state index < -0.39 is 14.5 Å². The molecule has 0 bridgehead atoms. The summed E-state index contributed by atoms with van der Waals surface area (Å²) in [5.74, 6) is -0.123. The average Bonchev–Trinajstić information content (AvgIpc) is 1.99. The van der Waals surface area contributed by atoms with Crippen molar-refractivity contribution in [2.75, 3.05) is 5.75 Å². The van der Waals surface area contributed by atoms with Gasteiger partial charge in [-0.3, -0.25) is 0 Å². The molecule has 84 valence electrons. The van der Waals surface area contributed by atoms with Crippen LogP contribution < -0.4 is 0 Å². The molecule has 0 fully saturated rings. The Labute approximate surface area is 94.1 Å². The molecular formula is C10H13ClO3S. The van der Waals surface area contributed by atoms with E-state index in [1.807, 2.05) is 0 Å². The number of halogens is 1. The zero-order valence-electron chi connectivity index (χ0n) is 8.57. The van der Waals surface area contributed by atoms with E-state index in [2.05, 4.69) is 0 Å². The molecule has 0 aromatic heterocycles. The number of rotatable bonds is 3. The third-order valence-electron chi connectivity index (χ3n) is 2.17. The second-order valence-corrected chi connectivity index (χ2v) is 6.86. The first-order chi connectivity index (χ1) is 6.72. The lowest BCUT2D eigenvalue weighted by Gasteiger charge is -2.24. The number of benzene rings is 1. The van der Waals surface area contributed by atoms with Crippen molar-refractivity contribution >= 4 is 19.7 Å². The van der Waals surface area contributed by atoms with Gasteiger partial charge in [-0.05, 0) is 6.07 Å². The second-order valence-electron chi connectivity index (χ2n) is 4.08. The van der Waals surface area contributed by atoms with Gasteiger partial charge < -0.3 is 5.11 Å². The Bertz CT molecular complexity index is 451. The summed E-state index contributed by atoms with van der Waals surface area (Å²) in [5.41, 5.74) is -0.124. The summed E-state index contributed by atoms with van der Waals surface area (Å²) in [4.78, 5) is 0. The van der Waals surface area contributed by atoms with Gasteiger partial charge in [0.15, 0.2) is 0 Å². The predicted molar refractivity (Wildman–Crippen MR) is 60.8 cm³/mol. The van der Waals surface area contributed by atoms with E-state index in [0.717, 1.165) is 0 Å². The first kappa shape index (κ1) is 12.3. The second kappa shape index (κ2) is 4.02. The van der Waals surface area contributed by atoms with Gasteiger partial charge in [-0.1, -0.05) is 32.0 Å². The van der Waals surface area contributed by atoms with E-state index >= 15 is 0 Å². The van der Waals surface area contributed by atoms with Crippen molar-refractivity contribution in [3.63, 3.8) is 0 Å². The minimum atomic E-state index is -3.59. The van der Waals surface area contributed by atoms with Crippen molar-refractivity contribution in [3.05, 3.63) is 29.8 Å². The fourth-order valence-electron chi connectivity index (χ4n) is 1.55. The van der Waals surface area contributed by atoms with Crippen molar-refractivity contribution in [1.29, 1.82) is 0 Å². The molecule has 0 aliphatic carbocycles. The average molecular weight is 249 g/mol. The van der Waals surface area contributed by atoms with Gasteiger partial charge in [-0.15, -0.1) is 0 Å².